The Hall–Kier alpha value is -2.02. The van der Waals surface area contributed by atoms with Crippen LogP contribution in [-0.4, -0.2) is 59.9 Å². The molecule has 1 amide bonds. The minimum atomic E-state index is -2.97. The monoisotopic (exact) mass is 380 g/mol. The van der Waals surface area contributed by atoms with Crippen LogP contribution < -0.4 is 0 Å². The van der Waals surface area contributed by atoms with Crippen LogP contribution in [0.5, 0.6) is 0 Å². The summed E-state index contributed by atoms with van der Waals surface area (Å²) in [4.78, 5) is 27.6. The first kappa shape index (κ1) is 19.7. The second kappa shape index (κ2) is 7.19. The number of halogens is 2. The van der Waals surface area contributed by atoms with Crippen molar-refractivity contribution in [3.63, 3.8) is 0 Å². The Morgan fingerprint density at radius 2 is 1.93 bits per heavy atom. The lowest BCUT2D eigenvalue weighted by Gasteiger charge is -2.31. The fourth-order valence-corrected chi connectivity index (χ4v) is 4.25. The topological polar surface area (TPSA) is 49.9 Å². The van der Waals surface area contributed by atoms with Crippen molar-refractivity contribution in [1.82, 2.24) is 9.80 Å². The molecular weight excluding hydrogens is 354 g/mol. The number of nitrogens with zero attached hydrogens (tertiary/aromatic N) is 2. The maximum Gasteiger partial charge on any atom is 0.311 e. The molecule has 3 rings (SSSR count). The SMILES string of the molecule is COC(=O)C(C)(C)CC(=O)N1CCC2C1C(F)(F)CN2Cc1ccccc1. The number of carbonyl (C=O) groups excluding carboxylic acids is 2. The smallest absolute Gasteiger partial charge is 0.311 e. The molecule has 0 aliphatic carbocycles. The molecule has 2 aliphatic rings. The molecule has 2 saturated heterocycles. The Morgan fingerprint density at radius 1 is 1.26 bits per heavy atom. The summed E-state index contributed by atoms with van der Waals surface area (Å²) >= 11 is 0. The van der Waals surface area contributed by atoms with Crippen molar-refractivity contribution in [3.8, 4) is 0 Å². The molecule has 2 atom stereocenters. The van der Waals surface area contributed by atoms with Crippen molar-refractivity contribution < 1.29 is 23.1 Å². The normalized spacial score (nSPS) is 24.7. The van der Waals surface area contributed by atoms with Gasteiger partial charge in [0.05, 0.1) is 19.1 Å². The van der Waals surface area contributed by atoms with E-state index < -0.39 is 29.3 Å². The van der Waals surface area contributed by atoms with Crippen molar-refractivity contribution in [2.24, 2.45) is 5.41 Å². The van der Waals surface area contributed by atoms with E-state index in [0.29, 0.717) is 13.0 Å². The van der Waals surface area contributed by atoms with Crippen molar-refractivity contribution in [2.45, 2.75) is 51.2 Å². The van der Waals surface area contributed by atoms with Gasteiger partial charge in [-0.2, -0.15) is 0 Å². The molecule has 0 saturated carbocycles. The van der Waals surface area contributed by atoms with Crippen LogP contribution in [0.4, 0.5) is 8.78 Å². The Kier molecular flexibility index (Phi) is 5.25. The molecule has 0 N–H and O–H groups in total. The number of alkyl halides is 2. The van der Waals surface area contributed by atoms with Gasteiger partial charge in [-0.15, -0.1) is 0 Å². The predicted octanol–water partition coefficient (Wildman–Crippen LogP) is 2.70. The van der Waals surface area contributed by atoms with E-state index in [-0.39, 0.29) is 25.6 Å². The number of fused-ring (bicyclic) bond motifs is 1. The number of amides is 1. The van der Waals surface area contributed by atoms with Gasteiger partial charge in [0.15, 0.2) is 0 Å². The van der Waals surface area contributed by atoms with Crippen LogP contribution in [0.25, 0.3) is 0 Å². The molecule has 1 aromatic carbocycles. The van der Waals surface area contributed by atoms with Gasteiger partial charge in [0.25, 0.3) is 5.92 Å². The third-order valence-electron chi connectivity index (χ3n) is 5.56. The number of esters is 1. The summed E-state index contributed by atoms with van der Waals surface area (Å²) < 4.78 is 34.3. The lowest BCUT2D eigenvalue weighted by molar-refractivity contribution is -0.156. The van der Waals surface area contributed by atoms with Crippen LogP contribution in [-0.2, 0) is 20.9 Å². The van der Waals surface area contributed by atoms with Crippen LogP contribution in [0.2, 0.25) is 0 Å². The lowest BCUT2D eigenvalue weighted by atomic mass is 9.88. The molecule has 0 aromatic heterocycles. The van der Waals surface area contributed by atoms with Gasteiger partial charge in [-0.1, -0.05) is 30.3 Å². The van der Waals surface area contributed by atoms with Gasteiger partial charge in [0.2, 0.25) is 5.91 Å². The summed E-state index contributed by atoms with van der Waals surface area (Å²) in [7, 11) is 1.26. The van der Waals surface area contributed by atoms with Crippen molar-refractivity contribution in [3.05, 3.63) is 35.9 Å². The van der Waals surface area contributed by atoms with Crippen LogP contribution in [0.15, 0.2) is 30.3 Å². The molecule has 2 fully saturated rings. The molecule has 7 heteroatoms. The largest absolute Gasteiger partial charge is 0.469 e. The Bertz CT molecular complexity index is 708. The molecule has 5 nitrogen and oxygen atoms in total. The fourth-order valence-electron chi connectivity index (χ4n) is 4.25. The van der Waals surface area contributed by atoms with Crippen LogP contribution >= 0.6 is 0 Å². The zero-order chi connectivity index (χ0) is 19.8. The highest BCUT2D eigenvalue weighted by atomic mass is 19.3. The van der Waals surface area contributed by atoms with E-state index in [1.165, 1.54) is 12.0 Å². The lowest BCUT2D eigenvalue weighted by Crippen LogP contribution is -2.49. The predicted molar refractivity (Wildman–Crippen MR) is 96.1 cm³/mol. The quantitative estimate of drug-likeness (QED) is 0.737. The van der Waals surface area contributed by atoms with Gasteiger partial charge in [0.1, 0.15) is 6.04 Å². The molecular formula is C20H26F2N2O3. The molecule has 1 aromatic rings. The Labute approximate surface area is 158 Å². The first-order chi connectivity index (χ1) is 12.7. The average molecular weight is 380 g/mol. The highest BCUT2D eigenvalue weighted by Crippen LogP contribution is 2.43. The Balaban J connectivity index is 1.74. The number of benzene rings is 1. The second-order valence-corrected chi connectivity index (χ2v) is 8.09. The zero-order valence-electron chi connectivity index (χ0n) is 16.0. The van der Waals surface area contributed by atoms with Crippen molar-refractivity contribution in [2.75, 3.05) is 20.2 Å². The van der Waals surface area contributed by atoms with Crippen LogP contribution in [0.3, 0.4) is 0 Å². The highest BCUT2D eigenvalue weighted by Gasteiger charge is 2.60. The van der Waals surface area contributed by atoms with Crippen molar-refractivity contribution in [1.29, 1.82) is 0 Å². The number of rotatable bonds is 5. The van der Waals surface area contributed by atoms with Gasteiger partial charge in [-0.05, 0) is 25.8 Å². The standard InChI is InChI=1S/C20H26F2N2O3/c1-19(2,18(26)27-3)11-16(25)24-10-9-15-17(24)20(21,22)13-23(15)12-14-7-5-4-6-8-14/h4-8,15,17H,9-13H2,1-3H3. The molecule has 0 bridgehead atoms. The first-order valence-electron chi connectivity index (χ1n) is 9.19. The second-order valence-electron chi connectivity index (χ2n) is 8.09. The number of ether oxygens (including phenoxy) is 1. The van der Waals surface area contributed by atoms with Gasteiger partial charge in [-0.3, -0.25) is 14.5 Å². The molecule has 148 valence electrons. The van der Waals surface area contributed by atoms with E-state index in [4.69, 9.17) is 4.74 Å². The summed E-state index contributed by atoms with van der Waals surface area (Å²) in [6, 6.07) is 8.00. The van der Waals surface area contributed by atoms with E-state index in [9.17, 15) is 18.4 Å². The zero-order valence-corrected chi connectivity index (χ0v) is 16.0. The molecule has 0 spiro atoms. The highest BCUT2D eigenvalue weighted by molar-refractivity contribution is 5.85. The summed E-state index contributed by atoms with van der Waals surface area (Å²) in [6.45, 7) is 3.55. The third-order valence-corrected chi connectivity index (χ3v) is 5.56. The average Bonchev–Trinajstić information content (AvgIpc) is 3.15. The first-order valence-corrected chi connectivity index (χ1v) is 9.19. The molecule has 2 unspecified atom stereocenters. The van der Waals surface area contributed by atoms with Gasteiger partial charge >= 0.3 is 5.97 Å². The van der Waals surface area contributed by atoms with Gasteiger partial charge in [-0.25, -0.2) is 8.78 Å². The third kappa shape index (κ3) is 3.83. The van der Waals surface area contributed by atoms with Crippen LogP contribution in [0.1, 0.15) is 32.3 Å². The maximum atomic E-state index is 14.8. The minimum absolute atomic E-state index is 0.141. The van der Waals surface area contributed by atoms with Gasteiger partial charge in [0, 0.05) is 25.6 Å². The van der Waals surface area contributed by atoms with Crippen LogP contribution in [0, 0.1) is 5.41 Å². The van der Waals surface area contributed by atoms with E-state index in [1.807, 2.05) is 30.3 Å². The number of likely N-dealkylation sites (tertiary alicyclic amines) is 2. The molecule has 2 heterocycles. The molecule has 0 radical (unpaired) electrons. The summed E-state index contributed by atoms with van der Waals surface area (Å²) in [5.74, 6) is -3.91. The number of methoxy groups -OCH3 is 1. The number of hydrogen-bond acceptors (Lipinski definition) is 4. The molecule has 27 heavy (non-hydrogen) atoms. The van der Waals surface area contributed by atoms with Crippen molar-refractivity contribution >= 4 is 11.9 Å². The Morgan fingerprint density at radius 3 is 2.56 bits per heavy atom. The van der Waals surface area contributed by atoms with E-state index >= 15 is 0 Å². The van der Waals surface area contributed by atoms with Gasteiger partial charge < -0.3 is 9.64 Å². The summed E-state index contributed by atoms with van der Waals surface area (Å²) in [5.41, 5.74) is -0.0628. The maximum absolute atomic E-state index is 14.8. The van der Waals surface area contributed by atoms with E-state index in [2.05, 4.69) is 0 Å². The number of hydrogen-bond donors (Lipinski definition) is 0. The minimum Gasteiger partial charge on any atom is -0.469 e. The van der Waals surface area contributed by atoms with E-state index in [0.717, 1.165) is 5.56 Å². The summed E-state index contributed by atoms with van der Waals surface area (Å²) in [6.07, 6.45) is 0.370. The fraction of sp³-hybridized carbons (Fsp3) is 0.600. The van der Waals surface area contributed by atoms with E-state index in [1.54, 1.807) is 18.7 Å². The molecule has 2 aliphatic heterocycles. The number of carbonyl (C=O) groups is 2. The summed E-state index contributed by atoms with van der Waals surface area (Å²) in [5, 5.41) is 0.